The highest BCUT2D eigenvalue weighted by Gasteiger charge is 2.15. The third kappa shape index (κ3) is 3.87. The van der Waals surface area contributed by atoms with Crippen molar-refractivity contribution in [1.29, 1.82) is 0 Å². The van der Waals surface area contributed by atoms with E-state index in [0.717, 1.165) is 22.8 Å². The molecular formula is C14H23ClN2O. The second-order valence-electron chi connectivity index (χ2n) is 4.92. The van der Waals surface area contributed by atoms with Crippen LogP contribution in [0.1, 0.15) is 26.3 Å². The highest BCUT2D eigenvalue weighted by molar-refractivity contribution is 6.31. The van der Waals surface area contributed by atoms with Crippen LogP contribution in [0.3, 0.4) is 0 Å². The molecule has 0 fully saturated rings. The maximum Gasteiger partial charge on any atom is 0.0632 e. The molecule has 0 aliphatic heterocycles. The molecule has 2 N–H and O–H groups in total. The van der Waals surface area contributed by atoms with Crippen molar-refractivity contribution in [3.8, 4) is 0 Å². The predicted molar refractivity (Wildman–Crippen MR) is 78.4 cm³/mol. The molecule has 1 atom stereocenters. The van der Waals surface area contributed by atoms with Gasteiger partial charge in [-0.15, -0.1) is 0 Å². The molecule has 0 aliphatic carbocycles. The lowest BCUT2D eigenvalue weighted by atomic mass is 10.1. The van der Waals surface area contributed by atoms with Crippen LogP contribution in [0.5, 0.6) is 0 Å². The van der Waals surface area contributed by atoms with Gasteiger partial charge in [-0.3, -0.25) is 0 Å². The Bertz CT molecular complexity index is 382. The average molecular weight is 271 g/mol. The van der Waals surface area contributed by atoms with Gasteiger partial charge in [0.25, 0.3) is 0 Å². The first-order valence-corrected chi connectivity index (χ1v) is 6.69. The second kappa shape index (κ2) is 6.98. The molecule has 4 heteroatoms. The van der Waals surface area contributed by atoms with Crippen molar-refractivity contribution in [3.05, 3.63) is 28.8 Å². The van der Waals surface area contributed by atoms with E-state index in [2.05, 4.69) is 24.1 Å². The molecule has 0 spiro atoms. The summed E-state index contributed by atoms with van der Waals surface area (Å²) >= 11 is 6.28. The lowest BCUT2D eigenvalue weighted by molar-refractivity contribution is 0.270. The Morgan fingerprint density at radius 3 is 2.56 bits per heavy atom. The van der Waals surface area contributed by atoms with Gasteiger partial charge in [0.2, 0.25) is 0 Å². The van der Waals surface area contributed by atoms with Crippen LogP contribution >= 0.6 is 11.6 Å². The SMILES string of the molecule is CC(C)NCc1c(Cl)cccc1N(C)C(C)CO. The quantitative estimate of drug-likeness (QED) is 0.834. The zero-order chi connectivity index (χ0) is 13.7. The van der Waals surface area contributed by atoms with Gasteiger partial charge in [-0.2, -0.15) is 0 Å². The molecule has 1 unspecified atom stereocenters. The van der Waals surface area contributed by atoms with Crippen LogP contribution in [0.4, 0.5) is 5.69 Å². The topological polar surface area (TPSA) is 35.5 Å². The van der Waals surface area contributed by atoms with Crippen LogP contribution in [0.15, 0.2) is 18.2 Å². The van der Waals surface area contributed by atoms with E-state index < -0.39 is 0 Å². The molecule has 0 aromatic heterocycles. The molecule has 0 aliphatic rings. The number of halogens is 1. The molecule has 102 valence electrons. The normalized spacial score (nSPS) is 12.8. The number of hydrogen-bond acceptors (Lipinski definition) is 3. The Hall–Kier alpha value is -0.770. The second-order valence-corrected chi connectivity index (χ2v) is 5.32. The van der Waals surface area contributed by atoms with Crippen molar-refractivity contribution in [2.75, 3.05) is 18.6 Å². The van der Waals surface area contributed by atoms with Gasteiger partial charge < -0.3 is 15.3 Å². The lowest BCUT2D eigenvalue weighted by Crippen LogP contribution is -2.33. The maximum absolute atomic E-state index is 9.25. The Labute approximate surface area is 115 Å². The third-order valence-electron chi connectivity index (χ3n) is 3.09. The minimum atomic E-state index is 0.0706. The molecule has 0 saturated carbocycles. The summed E-state index contributed by atoms with van der Waals surface area (Å²) in [6.07, 6.45) is 0. The molecule has 0 bridgehead atoms. The van der Waals surface area contributed by atoms with E-state index in [1.54, 1.807) is 0 Å². The summed E-state index contributed by atoms with van der Waals surface area (Å²) in [5.74, 6) is 0. The Kier molecular flexibility index (Phi) is 5.93. The molecule has 1 aromatic rings. The van der Waals surface area contributed by atoms with Crippen molar-refractivity contribution in [2.45, 2.75) is 39.4 Å². The zero-order valence-electron chi connectivity index (χ0n) is 11.6. The molecule has 0 heterocycles. The van der Waals surface area contributed by atoms with Gasteiger partial charge in [0.15, 0.2) is 0 Å². The van der Waals surface area contributed by atoms with Gasteiger partial charge in [-0.05, 0) is 19.1 Å². The van der Waals surface area contributed by atoms with Gasteiger partial charge >= 0.3 is 0 Å². The van der Waals surface area contributed by atoms with Gasteiger partial charge in [-0.25, -0.2) is 0 Å². The molecule has 0 radical (unpaired) electrons. The number of aliphatic hydroxyl groups excluding tert-OH is 1. The van der Waals surface area contributed by atoms with Gasteiger partial charge in [0, 0.05) is 41.9 Å². The molecule has 1 aromatic carbocycles. The van der Waals surface area contributed by atoms with Crippen LogP contribution in [0.25, 0.3) is 0 Å². The van der Waals surface area contributed by atoms with Crippen molar-refractivity contribution in [2.24, 2.45) is 0 Å². The summed E-state index contributed by atoms with van der Waals surface area (Å²) in [4.78, 5) is 2.06. The standard InChI is InChI=1S/C14H23ClN2O/c1-10(2)16-8-12-13(15)6-5-7-14(12)17(4)11(3)9-18/h5-7,10-11,16,18H,8-9H2,1-4H3. The average Bonchev–Trinajstić information content (AvgIpc) is 2.35. The van der Waals surface area contributed by atoms with E-state index in [9.17, 15) is 5.11 Å². The minimum absolute atomic E-state index is 0.0706. The lowest BCUT2D eigenvalue weighted by Gasteiger charge is -2.28. The number of nitrogens with one attached hydrogen (secondary N) is 1. The van der Waals surface area contributed by atoms with Crippen LogP contribution in [-0.2, 0) is 6.54 Å². The van der Waals surface area contributed by atoms with E-state index in [0.29, 0.717) is 6.04 Å². The van der Waals surface area contributed by atoms with Crippen molar-refractivity contribution in [1.82, 2.24) is 5.32 Å². The summed E-state index contributed by atoms with van der Waals surface area (Å²) < 4.78 is 0. The van der Waals surface area contributed by atoms with E-state index in [1.165, 1.54) is 0 Å². The molecule has 18 heavy (non-hydrogen) atoms. The number of anilines is 1. The number of hydrogen-bond donors (Lipinski definition) is 2. The Morgan fingerprint density at radius 2 is 2.00 bits per heavy atom. The maximum atomic E-state index is 9.25. The largest absolute Gasteiger partial charge is 0.394 e. The van der Waals surface area contributed by atoms with Crippen molar-refractivity contribution < 1.29 is 5.11 Å². The molecular weight excluding hydrogens is 248 g/mol. The minimum Gasteiger partial charge on any atom is -0.394 e. The number of nitrogens with zero attached hydrogens (tertiary/aromatic N) is 1. The fraction of sp³-hybridized carbons (Fsp3) is 0.571. The van der Waals surface area contributed by atoms with Crippen LogP contribution in [0.2, 0.25) is 5.02 Å². The van der Waals surface area contributed by atoms with Crippen LogP contribution in [0, 0.1) is 0 Å². The number of benzene rings is 1. The van der Waals surface area contributed by atoms with E-state index in [4.69, 9.17) is 11.6 Å². The first-order chi connectivity index (χ1) is 8.47. The van der Waals surface area contributed by atoms with Crippen LogP contribution in [-0.4, -0.2) is 30.8 Å². The Morgan fingerprint density at radius 1 is 1.33 bits per heavy atom. The van der Waals surface area contributed by atoms with Crippen LogP contribution < -0.4 is 10.2 Å². The first-order valence-electron chi connectivity index (χ1n) is 6.31. The van der Waals surface area contributed by atoms with Gasteiger partial charge in [-0.1, -0.05) is 31.5 Å². The highest BCUT2D eigenvalue weighted by atomic mass is 35.5. The smallest absolute Gasteiger partial charge is 0.0632 e. The van der Waals surface area contributed by atoms with Gasteiger partial charge in [0.1, 0.15) is 0 Å². The summed E-state index contributed by atoms with van der Waals surface area (Å²) in [6.45, 7) is 7.06. The zero-order valence-corrected chi connectivity index (χ0v) is 12.3. The Balaban J connectivity index is 2.99. The summed E-state index contributed by atoms with van der Waals surface area (Å²) in [5, 5.41) is 13.4. The van der Waals surface area contributed by atoms with E-state index in [-0.39, 0.29) is 12.6 Å². The summed E-state index contributed by atoms with van der Waals surface area (Å²) in [5.41, 5.74) is 2.15. The number of aliphatic hydroxyl groups is 1. The van der Waals surface area contributed by atoms with Crippen molar-refractivity contribution in [3.63, 3.8) is 0 Å². The fourth-order valence-electron chi connectivity index (χ4n) is 1.72. The molecule has 1 rings (SSSR count). The first kappa shape index (κ1) is 15.3. The summed E-state index contributed by atoms with van der Waals surface area (Å²) in [6, 6.07) is 6.36. The van der Waals surface area contributed by atoms with E-state index in [1.807, 2.05) is 32.2 Å². The summed E-state index contributed by atoms with van der Waals surface area (Å²) in [7, 11) is 1.98. The number of rotatable bonds is 6. The van der Waals surface area contributed by atoms with Gasteiger partial charge in [0.05, 0.1) is 6.61 Å². The molecule has 0 amide bonds. The third-order valence-corrected chi connectivity index (χ3v) is 3.44. The van der Waals surface area contributed by atoms with Crippen molar-refractivity contribution >= 4 is 17.3 Å². The fourth-order valence-corrected chi connectivity index (χ4v) is 1.96. The molecule has 0 saturated heterocycles. The monoisotopic (exact) mass is 270 g/mol. The number of likely N-dealkylation sites (N-methyl/N-ethyl adjacent to an activating group) is 1. The molecule has 3 nitrogen and oxygen atoms in total. The van der Waals surface area contributed by atoms with E-state index >= 15 is 0 Å². The predicted octanol–water partition coefficient (Wildman–Crippen LogP) is 2.66. The highest BCUT2D eigenvalue weighted by Crippen LogP contribution is 2.28.